The van der Waals surface area contributed by atoms with Crippen molar-refractivity contribution in [2.75, 3.05) is 4.81 Å². The summed E-state index contributed by atoms with van der Waals surface area (Å²) < 4.78 is 2.42. The number of anilines is 2. The van der Waals surface area contributed by atoms with Gasteiger partial charge in [-0.2, -0.15) is 0 Å². The first-order valence-electron chi connectivity index (χ1n) is 15.6. The second kappa shape index (κ2) is 10.4. The summed E-state index contributed by atoms with van der Waals surface area (Å²) in [5.41, 5.74) is 13.5. The highest BCUT2D eigenvalue weighted by atomic mass is 15.1. The summed E-state index contributed by atoms with van der Waals surface area (Å²) in [6.45, 7) is 0.0418. The van der Waals surface area contributed by atoms with Crippen LogP contribution in [0.3, 0.4) is 0 Å². The average Bonchev–Trinajstić information content (AvgIpc) is 3.46. The van der Waals surface area contributed by atoms with Crippen LogP contribution < -0.4 is 15.7 Å². The smallest absolute Gasteiger partial charge is 0.328 e. The van der Waals surface area contributed by atoms with Gasteiger partial charge in [0.05, 0.1) is 16.7 Å². The third-order valence-corrected chi connectivity index (χ3v) is 9.24. The summed E-state index contributed by atoms with van der Waals surface area (Å²) in [6, 6.07) is 63.9. The summed E-state index contributed by atoms with van der Waals surface area (Å²) >= 11 is 0. The molecule has 1 aliphatic rings. The van der Waals surface area contributed by atoms with Gasteiger partial charge in [0.2, 0.25) is 0 Å². The number of hydrogen-bond acceptors (Lipinski definition) is 1. The third kappa shape index (κ3) is 4.05. The predicted molar refractivity (Wildman–Crippen MR) is 192 cm³/mol. The van der Waals surface area contributed by atoms with Crippen LogP contribution in [0.25, 0.3) is 49.7 Å². The van der Waals surface area contributed by atoms with Crippen molar-refractivity contribution in [1.29, 1.82) is 0 Å². The zero-order valence-electron chi connectivity index (χ0n) is 24.7. The van der Waals surface area contributed by atoms with Crippen LogP contribution in [0, 0.1) is 0 Å². The topological polar surface area (TPSA) is 8.17 Å². The molecule has 2 heterocycles. The Morgan fingerprint density at radius 2 is 0.978 bits per heavy atom. The molecule has 45 heavy (non-hydrogen) atoms. The molecule has 210 valence electrons. The fourth-order valence-electron chi connectivity index (χ4n) is 7.34. The fraction of sp³-hybridized carbons (Fsp3) is 0. The molecule has 9 rings (SSSR count). The highest BCUT2D eigenvalue weighted by Gasteiger charge is 2.36. The van der Waals surface area contributed by atoms with E-state index in [1.54, 1.807) is 0 Å². The van der Waals surface area contributed by atoms with E-state index in [2.05, 4.69) is 185 Å². The van der Waals surface area contributed by atoms with Gasteiger partial charge in [0.25, 0.3) is 0 Å². The van der Waals surface area contributed by atoms with E-state index in [1.165, 1.54) is 72.0 Å². The molecule has 7 aromatic carbocycles. The molecule has 0 amide bonds. The molecule has 0 bridgehead atoms. The monoisotopic (exact) mass is 572 g/mol. The van der Waals surface area contributed by atoms with Crippen molar-refractivity contribution in [3.05, 3.63) is 176 Å². The molecule has 0 saturated heterocycles. The van der Waals surface area contributed by atoms with Crippen molar-refractivity contribution in [2.45, 2.75) is 0 Å². The van der Waals surface area contributed by atoms with E-state index in [0.29, 0.717) is 0 Å². The Labute approximate surface area is 263 Å². The van der Waals surface area contributed by atoms with E-state index in [1.807, 2.05) is 0 Å². The molecule has 0 aliphatic carbocycles. The number of para-hydroxylation sites is 4. The molecule has 1 aromatic heterocycles. The van der Waals surface area contributed by atoms with Gasteiger partial charge in [0, 0.05) is 33.3 Å². The minimum Gasteiger partial charge on any atom is -0.376 e. The SMILES string of the molecule is c1ccc(B2c3ccccc3-c3ccccc3N2c2cccc(-c3ccccc3-n3c4ccccc4c4ccccc43)c2)cc1. The molecule has 2 nitrogen and oxygen atoms in total. The molecule has 0 atom stereocenters. The van der Waals surface area contributed by atoms with Gasteiger partial charge < -0.3 is 9.38 Å². The Morgan fingerprint density at radius 3 is 1.73 bits per heavy atom. The van der Waals surface area contributed by atoms with Crippen molar-refractivity contribution in [3.8, 4) is 27.9 Å². The molecule has 0 fully saturated rings. The van der Waals surface area contributed by atoms with E-state index >= 15 is 0 Å². The molecule has 0 saturated carbocycles. The lowest BCUT2D eigenvalue weighted by molar-refractivity contribution is 1.18. The van der Waals surface area contributed by atoms with Crippen molar-refractivity contribution in [2.24, 2.45) is 0 Å². The molecule has 0 unspecified atom stereocenters. The summed E-state index contributed by atoms with van der Waals surface area (Å²) in [6.07, 6.45) is 0. The number of nitrogens with zero attached hydrogens (tertiary/aromatic N) is 2. The van der Waals surface area contributed by atoms with Crippen LogP contribution in [0.2, 0.25) is 0 Å². The molecular weight excluding hydrogens is 543 g/mol. The summed E-state index contributed by atoms with van der Waals surface area (Å²) in [4.78, 5) is 2.53. The largest absolute Gasteiger partial charge is 0.376 e. The molecular formula is C42H29BN2. The number of hydrogen-bond donors (Lipinski definition) is 0. The Bertz CT molecular complexity index is 2300. The van der Waals surface area contributed by atoms with Gasteiger partial charge >= 0.3 is 6.85 Å². The lowest BCUT2D eigenvalue weighted by Crippen LogP contribution is -2.57. The van der Waals surface area contributed by atoms with Gasteiger partial charge in [-0.05, 0) is 53.0 Å². The van der Waals surface area contributed by atoms with Crippen LogP contribution >= 0.6 is 0 Å². The number of rotatable bonds is 4. The van der Waals surface area contributed by atoms with Crippen molar-refractivity contribution in [1.82, 2.24) is 4.57 Å². The first-order chi connectivity index (χ1) is 22.4. The molecule has 0 radical (unpaired) electrons. The second-order valence-electron chi connectivity index (χ2n) is 11.7. The zero-order chi connectivity index (χ0) is 29.7. The lowest BCUT2D eigenvalue weighted by atomic mass is 9.46. The normalized spacial score (nSPS) is 12.4. The average molecular weight is 573 g/mol. The molecule has 1 aliphatic heterocycles. The van der Waals surface area contributed by atoms with Gasteiger partial charge in [0.1, 0.15) is 0 Å². The Balaban J connectivity index is 1.26. The van der Waals surface area contributed by atoms with Crippen LogP contribution in [-0.4, -0.2) is 11.4 Å². The standard InChI is InChI=1S/C42H29BN2/c1-2-16-31(17-3-1)43-38-24-9-4-20-34(38)35-21-8-13-28-42(35)45(43)32-18-14-15-30(29-32)33-19-5-10-25-39(33)44-40-26-11-6-22-36(40)37-23-7-12-27-41(37)44/h1-29H. The zero-order valence-corrected chi connectivity index (χ0v) is 24.7. The fourth-order valence-corrected chi connectivity index (χ4v) is 7.34. The minimum absolute atomic E-state index is 0.0418. The summed E-state index contributed by atoms with van der Waals surface area (Å²) in [5.74, 6) is 0. The van der Waals surface area contributed by atoms with Gasteiger partial charge in [-0.15, -0.1) is 0 Å². The van der Waals surface area contributed by atoms with Gasteiger partial charge in [-0.1, -0.05) is 145 Å². The number of fused-ring (bicyclic) bond motifs is 6. The molecule has 0 N–H and O–H groups in total. The second-order valence-corrected chi connectivity index (χ2v) is 11.7. The van der Waals surface area contributed by atoms with E-state index in [9.17, 15) is 0 Å². The van der Waals surface area contributed by atoms with Crippen molar-refractivity contribution >= 4 is 51.0 Å². The molecule has 0 spiro atoms. The van der Waals surface area contributed by atoms with Gasteiger partial charge in [-0.25, -0.2) is 0 Å². The van der Waals surface area contributed by atoms with E-state index in [4.69, 9.17) is 0 Å². The van der Waals surface area contributed by atoms with Crippen LogP contribution in [-0.2, 0) is 0 Å². The van der Waals surface area contributed by atoms with Crippen LogP contribution in [0.15, 0.2) is 176 Å². The maximum atomic E-state index is 2.53. The van der Waals surface area contributed by atoms with Crippen LogP contribution in [0.5, 0.6) is 0 Å². The molecule has 8 aromatic rings. The quantitative estimate of drug-likeness (QED) is 0.191. The lowest BCUT2D eigenvalue weighted by Gasteiger charge is -2.39. The Hall–Kier alpha value is -5.80. The van der Waals surface area contributed by atoms with E-state index < -0.39 is 0 Å². The summed E-state index contributed by atoms with van der Waals surface area (Å²) in [5, 5.41) is 2.54. The first kappa shape index (κ1) is 25.7. The molecule has 3 heteroatoms. The van der Waals surface area contributed by atoms with Crippen LogP contribution in [0.4, 0.5) is 11.4 Å². The highest BCUT2D eigenvalue weighted by Crippen LogP contribution is 2.41. The number of benzene rings is 7. The van der Waals surface area contributed by atoms with Crippen molar-refractivity contribution in [3.63, 3.8) is 0 Å². The van der Waals surface area contributed by atoms with Crippen molar-refractivity contribution < 1.29 is 0 Å². The van der Waals surface area contributed by atoms with Gasteiger partial charge in [-0.3, -0.25) is 0 Å². The highest BCUT2D eigenvalue weighted by molar-refractivity contribution is 6.90. The maximum absolute atomic E-state index is 2.53. The third-order valence-electron chi connectivity index (χ3n) is 9.24. The van der Waals surface area contributed by atoms with Gasteiger partial charge in [0.15, 0.2) is 0 Å². The van der Waals surface area contributed by atoms with Crippen LogP contribution in [0.1, 0.15) is 0 Å². The Kier molecular flexibility index (Phi) is 5.95. The van der Waals surface area contributed by atoms with E-state index in [0.717, 1.165) is 0 Å². The first-order valence-corrected chi connectivity index (χ1v) is 15.6. The van der Waals surface area contributed by atoms with E-state index in [-0.39, 0.29) is 6.85 Å². The Morgan fingerprint density at radius 1 is 0.400 bits per heavy atom. The minimum atomic E-state index is 0.0418. The predicted octanol–water partition coefficient (Wildman–Crippen LogP) is 9.38. The summed E-state index contributed by atoms with van der Waals surface area (Å²) in [7, 11) is 0. The number of aromatic nitrogens is 1. The maximum Gasteiger partial charge on any atom is 0.328 e.